The highest BCUT2D eigenvalue weighted by atomic mass is 35.5. The van der Waals surface area contributed by atoms with E-state index in [1.54, 1.807) is 12.1 Å². The molecule has 21 heavy (non-hydrogen) atoms. The molecule has 0 atom stereocenters. The lowest BCUT2D eigenvalue weighted by Crippen LogP contribution is -2.63. The van der Waals surface area contributed by atoms with Gasteiger partial charge in [-0.2, -0.15) is 0 Å². The Morgan fingerprint density at radius 3 is 2.67 bits per heavy atom. The average Bonchev–Trinajstić information content (AvgIpc) is 2.46. The number of nitrogens with zero attached hydrogens (tertiary/aromatic N) is 1. The Kier molecular flexibility index (Phi) is 4.63. The lowest BCUT2D eigenvalue weighted by atomic mass is 10.00. The van der Waals surface area contributed by atoms with Gasteiger partial charge in [0.05, 0.1) is 16.8 Å². The van der Waals surface area contributed by atoms with Gasteiger partial charge in [0, 0.05) is 32.3 Å². The molecule has 2 aliphatic rings. The predicted octanol–water partition coefficient (Wildman–Crippen LogP) is 2.32. The van der Waals surface area contributed by atoms with E-state index in [1.807, 2.05) is 12.1 Å². The molecule has 2 fully saturated rings. The predicted molar refractivity (Wildman–Crippen MR) is 82.8 cm³/mol. The molecule has 0 bridgehead atoms. The van der Waals surface area contributed by atoms with E-state index in [1.165, 1.54) is 0 Å². The summed E-state index contributed by atoms with van der Waals surface area (Å²) in [7, 11) is 0. The molecule has 0 radical (unpaired) electrons. The van der Waals surface area contributed by atoms with Gasteiger partial charge in [0.25, 0.3) is 0 Å². The molecule has 3 rings (SSSR count). The van der Waals surface area contributed by atoms with Gasteiger partial charge in [-0.3, -0.25) is 4.90 Å². The Bertz CT molecular complexity index is 499. The third-order valence-corrected chi connectivity index (χ3v) is 4.40. The summed E-state index contributed by atoms with van der Waals surface area (Å²) in [6.07, 6.45) is 2.19. The summed E-state index contributed by atoms with van der Waals surface area (Å²) >= 11 is 6.01. The zero-order valence-electron chi connectivity index (χ0n) is 11.8. The molecule has 2 heterocycles. The second kappa shape index (κ2) is 6.64. The number of hydrogen-bond acceptors (Lipinski definition) is 3. The van der Waals surface area contributed by atoms with E-state index in [4.69, 9.17) is 16.3 Å². The molecule has 0 aromatic heterocycles. The molecule has 1 aromatic carbocycles. The third kappa shape index (κ3) is 3.67. The number of likely N-dealkylation sites (tertiary alicyclic amines) is 1. The van der Waals surface area contributed by atoms with Gasteiger partial charge in [-0.15, -0.1) is 0 Å². The van der Waals surface area contributed by atoms with Crippen molar-refractivity contribution in [3.63, 3.8) is 0 Å². The minimum Gasteiger partial charge on any atom is -0.381 e. The first kappa shape index (κ1) is 14.6. The highest BCUT2D eigenvalue weighted by Gasteiger charge is 2.33. The molecule has 0 saturated carbocycles. The van der Waals surface area contributed by atoms with Crippen LogP contribution in [-0.4, -0.2) is 49.3 Å². The molecule has 2 aliphatic heterocycles. The van der Waals surface area contributed by atoms with Crippen molar-refractivity contribution in [3.8, 4) is 0 Å². The summed E-state index contributed by atoms with van der Waals surface area (Å²) in [5.41, 5.74) is 0.636. The van der Waals surface area contributed by atoms with Crippen LogP contribution in [0, 0.1) is 0 Å². The van der Waals surface area contributed by atoms with Crippen molar-refractivity contribution in [1.29, 1.82) is 0 Å². The first-order valence-corrected chi connectivity index (χ1v) is 7.74. The molecular weight excluding hydrogens is 290 g/mol. The molecule has 5 nitrogen and oxygen atoms in total. The van der Waals surface area contributed by atoms with Crippen LogP contribution < -0.4 is 10.6 Å². The maximum Gasteiger partial charge on any atom is 0.319 e. The van der Waals surface area contributed by atoms with E-state index in [-0.39, 0.29) is 12.1 Å². The molecule has 6 heteroatoms. The topological polar surface area (TPSA) is 53.6 Å². The maximum absolute atomic E-state index is 11.9. The number of rotatable bonds is 3. The number of carbonyl (C=O) groups excluding carboxylic acids is 1. The second-order valence-corrected chi connectivity index (χ2v) is 5.98. The Balaban J connectivity index is 1.42. The van der Waals surface area contributed by atoms with Crippen LogP contribution in [0.4, 0.5) is 10.5 Å². The summed E-state index contributed by atoms with van der Waals surface area (Å²) in [5.74, 6) is 0. The summed E-state index contributed by atoms with van der Waals surface area (Å²) in [4.78, 5) is 14.4. The molecule has 0 spiro atoms. The summed E-state index contributed by atoms with van der Waals surface area (Å²) in [5, 5.41) is 6.31. The molecule has 2 N–H and O–H groups in total. The van der Waals surface area contributed by atoms with Crippen molar-refractivity contribution in [3.05, 3.63) is 29.3 Å². The number of carbonyl (C=O) groups is 1. The van der Waals surface area contributed by atoms with Crippen molar-refractivity contribution in [1.82, 2.24) is 10.2 Å². The van der Waals surface area contributed by atoms with Gasteiger partial charge in [-0.05, 0) is 25.0 Å². The summed E-state index contributed by atoms with van der Waals surface area (Å²) in [6.45, 7) is 3.54. The van der Waals surface area contributed by atoms with Crippen molar-refractivity contribution in [2.24, 2.45) is 0 Å². The van der Waals surface area contributed by atoms with Crippen LogP contribution in [0.15, 0.2) is 24.3 Å². The molecule has 1 aromatic rings. The van der Waals surface area contributed by atoms with Crippen molar-refractivity contribution in [2.75, 3.05) is 31.6 Å². The van der Waals surface area contributed by atoms with Crippen LogP contribution in [0.1, 0.15) is 12.8 Å². The second-order valence-electron chi connectivity index (χ2n) is 5.57. The maximum atomic E-state index is 11.9. The monoisotopic (exact) mass is 309 g/mol. The summed E-state index contributed by atoms with van der Waals surface area (Å²) in [6, 6.07) is 7.86. The smallest absolute Gasteiger partial charge is 0.319 e. The van der Waals surface area contributed by atoms with E-state index in [0.29, 0.717) is 16.8 Å². The SMILES string of the molecule is O=C(Nc1ccccc1Cl)NC1CN(C2CCOCC2)C1. The highest BCUT2D eigenvalue weighted by molar-refractivity contribution is 6.33. The van der Waals surface area contributed by atoms with Crippen LogP contribution in [0.3, 0.4) is 0 Å². The van der Waals surface area contributed by atoms with Gasteiger partial charge in [-0.1, -0.05) is 23.7 Å². The number of anilines is 1. The Morgan fingerprint density at radius 2 is 1.95 bits per heavy atom. The zero-order chi connectivity index (χ0) is 14.7. The van der Waals surface area contributed by atoms with Gasteiger partial charge in [-0.25, -0.2) is 4.79 Å². The standard InChI is InChI=1S/C15H20ClN3O2/c16-13-3-1-2-4-14(13)18-15(20)17-11-9-19(10-11)12-5-7-21-8-6-12/h1-4,11-12H,5-10H2,(H2,17,18,20). The van der Waals surface area contributed by atoms with Gasteiger partial charge in [0.15, 0.2) is 0 Å². The lowest BCUT2D eigenvalue weighted by molar-refractivity contribution is -0.00122. The number of para-hydroxylation sites is 1. The van der Waals surface area contributed by atoms with Gasteiger partial charge < -0.3 is 15.4 Å². The number of nitrogens with one attached hydrogen (secondary N) is 2. The fourth-order valence-corrected chi connectivity index (χ4v) is 3.04. The minimum absolute atomic E-state index is 0.195. The number of urea groups is 1. The lowest BCUT2D eigenvalue weighted by Gasteiger charge is -2.45. The van der Waals surface area contributed by atoms with E-state index in [0.717, 1.165) is 39.1 Å². The number of hydrogen-bond donors (Lipinski definition) is 2. The molecule has 2 saturated heterocycles. The van der Waals surface area contributed by atoms with E-state index in [9.17, 15) is 4.79 Å². The first-order valence-electron chi connectivity index (χ1n) is 7.36. The highest BCUT2D eigenvalue weighted by Crippen LogP contribution is 2.22. The molecule has 114 valence electrons. The van der Waals surface area contributed by atoms with E-state index < -0.39 is 0 Å². The molecular formula is C15H20ClN3O2. The van der Waals surface area contributed by atoms with E-state index >= 15 is 0 Å². The minimum atomic E-state index is -0.195. The van der Waals surface area contributed by atoms with E-state index in [2.05, 4.69) is 15.5 Å². The van der Waals surface area contributed by atoms with Gasteiger partial charge >= 0.3 is 6.03 Å². The van der Waals surface area contributed by atoms with Crippen molar-refractivity contribution in [2.45, 2.75) is 24.9 Å². The number of halogens is 1. The quantitative estimate of drug-likeness (QED) is 0.901. The average molecular weight is 310 g/mol. The third-order valence-electron chi connectivity index (χ3n) is 4.07. The van der Waals surface area contributed by atoms with Crippen LogP contribution in [-0.2, 0) is 4.74 Å². The number of benzene rings is 1. The first-order chi connectivity index (χ1) is 10.2. The van der Waals surface area contributed by atoms with Crippen molar-refractivity contribution >= 4 is 23.3 Å². The molecule has 0 aliphatic carbocycles. The number of amides is 2. The van der Waals surface area contributed by atoms with Gasteiger partial charge in [0.1, 0.15) is 0 Å². The fourth-order valence-electron chi connectivity index (χ4n) is 2.86. The van der Waals surface area contributed by atoms with Crippen LogP contribution in [0.25, 0.3) is 0 Å². The number of ether oxygens (including phenoxy) is 1. The van der Waals surface area contributed by atoms with Gasteiger partial charge in [0.2, 0.25) is 0 Å². The molecule has 2 amide bonds. The Morgan fingerprint density at radius 1 is 1.24 bits per heavy atom. The zero-order valence-corrected chi connectivity index (χ0v) is 12.6. The summed E-state index contributed by atoms with van der Waals surface area (Å²) < 4.78 is 5.37. The van der Waals surface area contributed by atoms with Crippen LogP contribution >= 0.6 is 11.6 Å². The van der Waals surface area contributed by atoms with Crippen LogP contribution in [0.5, 0.6) is 0 Å². The Labute approximate surface area is 129 Å². The largest absolute Gasteiger partial charge is 0.381 e. The van der Waals surface area contributed by atoms with Crippen LogP contribution in [0.2, 0.25) is 5.02 Å². The normalized spacial score (nSPS) is 20.8. The fraction of sp³-hybridized carbons (Fsp3) is 0.533. The molecule has 0 unspecified atom stereocenters. The Hall–Kier alpha value is -1.30. The van der Waals surface area contributed by atoms with Crippen molar-refractivity contribution < 1.29 is 9.53 Å².